The van der Waals surface area contributed by atoms with Gasteiger partial charge in [-0.3, -0.25) is 14.7 Å². The predicted molar refractivity (Wildman–Crippen MR) is 108 cm³/mol. The van der Waals surface area contributed by atoms with Crippen LogP contribution in [0.4, 0.5) is 0 Å². The Bertz CT molecular complexity index is 830. The summed E-state index contributed by atoms with van der Waals surface area (Å²) in [5.41, 5.74) is 2.45. The lowest BCUT2D eigenvalue weighted by molar-refractivity contribution is -0.135. The standard InChI is InChI=1S/C22H28N4O3/c27-21(10-9-17-6-2-1-3-7-17)26-11-5-4-8-20(26)18-16-19(24-23-18)22(28)25-12-14-29-15-13-25/h1-3,6-7,16,20H,4-5,8-15H2,(H,23,24). The van der Waals surface area contributed by atoms with Crippen LogP contribution in [-0.2, 0) is 16.0 Å². The molecule has 3 heterocycles. The van der Waals surface area contributed by atoms with Crippen molar-refractivity contribution in [2.24, 2.45) is 0 Å². The molecular formula is C22H28N4O3. The van der Waals surface area contributed by atoms with Crippen molar-refractivity contribution in [3.63, 3.8) is 0 Å². The molecule has 2 saturated heterocycles. The molecule has 2 amide bonds. The molecule has 0 radical (unpaired) electrons. The topological polar surface area (TPSA) is 78.5 Å². The number of benzene rings is 1. The van der Waals surface area contributed by atoms with Gasteiger partial charge in [-0.05, 0) is 37.3 Å². The molecule has 0 bridgehead atoms. The van der Waals surface area contributed by atoms with Crippen molar-refractivity contribution in [3.05, 3.63) is 53.3 Å². The molecule has 1 unspecified atom stereocenters. The molecule has 7 nitrogen and oxygen atoms in total. The normalized spacial score (nSPS) is 19.9. The molecule has 0 spiro atoms. The van der Waals surface area contributed by atoms with E-state index in [0.29, 0.717) is 38.4 Å². The Morgan fingerprint density at radius 3 is 2.69 bits per heavy atom. The molecule has 1 aromatic carbocycles. The largest absolute Gasteiger partial charge is 0.378 e. The minimum Gasteiger partial charge on any atom is -0.378 e. The van der Waals surface area contributed by atoms with E-state index in [9.17, 15) is 9.59 Å². The summed E-state index contributed by atoms with van der Waals surface area (Å²) in [4.78, 5) is 29.4. The van der Waals surface area contributed by atoms with Crippen LogP contribution in [0.15, 0.2) is 36.4 Å². The van der Waals surface area contributed by atoms with Crippen molar-refractivity contribution < 1.29 is 14.3 Å². The van der Waals surface area contributed by atoms with Crippen molar-refractivity contribution in [3.8, 4) is 0 Å². The maximum atomic E-state index is 12.9. The second kappa shape index (κ2) is 9.22. The fraction of sp³-hybridized carbons (Fsp3) is 0.500. The van der Waals surface area contributed by atoms with E-state index in [1.165, 1.54) is 5.56 Å². The van der Waals surface area contributed by atoms with Crippen LogP contribution in [0.1, 0.15) is 53.5 Å². The van der Waals surface area contributed by atoms with Gasteiger partial charge in [-0.2, -0.15) is 5.10 Å². The summed E-state index contributed by atoms with van der Waals surface area (Å²) in [5.74, 6) is 0.0859. The fourth-order valence-electron chi connectivity index (χ4n) is 4.14. The maximum absolute atomic E-state index is 12.9. The Labute approximate surface area is 171 Å². The first-order chi connectivity index (χ1) is 14.2. The number of likely N-dealkylation sites (tertiary alicyclic amines) is 1. The molecule has 4 rings (SSSR count). The highest BCUT2D eigenvalue weighted by atomic mass is 16.5. The molecule has 1 N–H and O–H groups in total. The number of carbonyl (C=O) groups excluding carboxylic acids is 2. The van der Waals surface area contributed by atoms with Crippen LogP contribution in [0, 0.1) is 0 Å². The third-order valence-electron chi connectivity index (χ3n) is 5.77. The van der Waals surface area contributed by atoms with Gasteiger partial charge in [0, 0.05) is 26.1 Å². The highest BCUT2D eigenvalue weighted by molar-refractivity contribution is 5.92. The van der Waals surface area contributed by atoms with Gasteiger partial charge in [-0.25, -0.2) is 0 Å². The van der Waals surface area contributed by atoms with Crippen LogP contribution in [0.25, 0.3) is 0 Å². The zero-order valence-corrected chi connectivity index (χ0v) is 16.7. The van der Waals surface area contributed by atoms with Crippen molar-refractivity contribution in [1.82, 2.24) is 20.0 Å². The van der Waals surface area contributed by atoms with Crippen LogP contribution in [0.3, 0.4) is 0 Å². The van der Waals surface area contributed by atoms with Crippen LogP contribution in [-0.4, -0.2) is 64.7 Å². The lowest BCUT2D eigenvalue weighted by Crippen LogP contribution is -2.40. The lowest BCUT2D eigenvalue weighted by atomic mass is 9.98. The Kier molecular flexibility index (Phi) is 6.24. The van der Waals surface area contributed by atoms with Crippen molar-refractivity contribution >= 4 is 11.8 Å². The van der Waals surface area contributed by atoms with E-state index in [1.807, 2.05) is 29.2 Å². The highest BCUT2D eigenvalue weighted by Gasteiger charge is 2.30. The van der Waals surface area contributed by atoms with Crippen molar-refractivity contribution in [1.29, 1.82) is 0 Å². The molecular weight excluding hydrogens is 368 g/mol. The van der Waals surface area contributed by atoms with E-state index in [1.54, 1.807) is 4.90 Å². The van der Waals surface area contributed by atoms with Gasteiger partial charge in [0.25, 0.3) is 5.91 Å². The second-order valence-corrected chi connectivity index (χ2v) is 7.70. The highest BCUT2D eigenvalue weighted by Crippen LogP contribution is 2.31. The quantitative estimate of drug-likeness (QED) is 0.843. The predicted octanol–water partition coefficient (Wildman–Crippen LogP) is 2.57. The Morgan fingerprint density at radius 1 is 1.10 bits per heavy atom. The summed E-state index contributed by atoms with van der Waals surface area (Å²) in [5, 5.41) is 7.29. The van der Waals surface area contributed by atoms with E-state index in [-0.39, 0.29) is 17.9 Å². The van der Waals surface area contributed by atoms with Gasteiger partial charge >= 0.3 is 0 Å². The molecule has 7 heteroatoms. The van der Waals surface area contributed by atoms with E-state index in [0.717, 1.165) is 37.9 Å². The minimum atomic E-state index is -0.0754. The maximum Gasteiger partial charge on any atom is 0.274 e. The second-order valence-electron chi connectivity index (χ2n) is 7.70. The molecule has 1 atom stereocenters. The first-order valence-corrected chi connectivity index (χ1v) is 10.5. The molecule has 29 heavy (non-hydrogen) atoms. The minimum absolute atomic E-state index is 0.0363. The van der Waals surface area contributed by atoms with Gasteiger partial charge in [0.15, 0.2) is 0 Å². The Hall–Kier alpha value is -2.67. The SMILES string of the molecule is O=C(c1cc(C2CCCCN2C(=O)CCc2ccccc2)[nH]n1)N1CCOCC1. The smallest absolute Gasteiger partial charge is 0.274 e. The third kappa shape index (κ3) is 4.67. The first kappa shape index (κ1) is 19.6. The first-order valence-electron chi connectivity index (χ1n) is 10.5. The molecule has 2 aliphatic rings. The molecule has 0 saturated carbocycles. The lowest BCUT2D eigenvalue weighted by Gasteiger charge is -2.35. The van der Waals surface area contributed by atoms with Gasteiger partial charge < -0.3 is 14.5 Å². The number of hydrogen-bond donors (Lipinski definition) is 1. The van der Waals surface area contributed by atoms with Crippen LogP contribution in [0.5, 0.6) is 0 Å². The number of amides is 2. The summed E-state index contributed by atoms with van der Waals surface area (Å²) in [7, 11) is 0. The van der Waals surface area contributed by atoms with Crippen LogP contribution >= 0.6 is 0 Å². The van der Waals surface area contributed by atoms with Crippen LogP contribution in [0.2, 0.25) is 0 Å². The average molecular weight is 396 g/mol. The number of aromatic amines is 1. The van der Waals surface area contributed by atoms with Crippen molar-refractivity contribution in [2.45, 2.75) is 38.1 Å². The number of nitrogens with zero attached hydrogens (tertiary/aromatic N) is 3. The van der Waals surface area contributed by atoms with Gasteiger partial charge in [0.1, 0.15) is 5.69 Å². The summed E-state index contributed by atoms with van der Waals surface area (Å²) in [6.45, 7) is 3.07. The monoisotopic (exact) mass is 396 g/mol. The van der Waals surface area contributed by atoms with E-state index in [2.05, 4.69) is 22.3 Å². The number of piperidine rings is 1. The number of H-pyrrole nitrogens is 1. The molecule has 2 aromatic rings. The van der Waals surface area contributed by atoms with E-state index in [4.69, 9.17) is 4.74 Å². The summed E-state index contributed by atoms with van der Waals surface area (Å²) in [6.07, 6.45) is 4.21. The van der Waals surface area contributed by atoms with E-state index >= 15 is 0 Å². The zero-order valence-electron chi connectivity index (χ0n) is 16.7. The number of ether oxygens (including phenoxy) is 1. The van der Waals surface area contributed by atoms with Crippen LogP contribution < -0.4 is 0 Å². The van der Waals surface area contributed by atoms with Crippen molar-refractivity contribution in [2.75, 3.05) is 32.8 Å². The number of carbonyl (C=O) groups is 2. The van der Waals surface area contributed by atoms with Gasteiger partial charge in [-0.1, -0.05) is 30.3 Å². The number of morpholine rings is 1. The third-order valence-corrected chi connectivity index (χ3v) is 5.77. The number of nitrogens with one attached hydrogen (secondary N) is 1. The molecule has 2 fully saturated rings. The number of aryl methyl sites for hydroxylation is 1. The number of hydrogen-bond acceptors (Lipinski definition) is 4. The van der Waals surface area contributed by atoms with Gasteiger partial charge in [-0.15, -0.1) is 0 Å². The summed E-state index contributed by atoms with van der Waals surface area (Å²) in [6, 6.07) is 11.9. The summed E-state index contributed by atoms with van der Waals surface area (Å²) >= 11 is 0. The Balaban J connectivity index is 1.42. The molecule has 0 aliphatic carbocycles. The Morgan fingerprint density at radius 2 is 1.90 bits per heavy atom. The van der Waals surface area contributed by atoms with Gasteiger partial charge in [0.2, 0.25) is 5.91 Å². The van der Waals surface area contributed by atoms with E-state index < -0.39 is 0 Å². The zero-order chi connectivity index (χ0) is 20.1. The fourth-order valence-corrected chi connectivity index (χ4v) is 4.14. The number of aromatic nitrogens is 2. The average Bonchev–Trinajstić information content (AvgIpc) is 3.28. The molecule has 154 valence electrons. The van der Waals surface area contributed by atoms with Gasteiger partial charge in [0.05, 0.1) is 24.9 Å². The molecule has 1 aromatic heterocycles. The molecule has 2 aliphatic heterocycles. The summed E-state index contributed by atoms with van der Waals surface area (Å²) < 4.78 is 5.32. The number of rotatable bonds is 5.